The maximum atomic E-state index is 11.6. The molecule has 0 amide bonds. The largest absolute Gasteiger partial charge is 0.460 e. The van der Waals surface area contributed by atoms with Gasteiger partial charge in [-0.25, -0.2) is 4.79 Å². The number of hydrogen-bond donors (Lipinski definition) is 0. The van der Waals surface area contributed by atoms with E-state index >= 15 is 0 Å². The maximum absolute atomic E-state index is 11.6. The highest BCUT2D eigenvalue weighted by molar-refractivity contribution is 6.40. The van der Waals surface area contributed by atoms with Crippen molar-refractivity contribution in [3.63, 3.8) is 0 Å². The van der Waals surface area contributed by atoms with Crippen molar-refractivity contribution in [3.8, 4) is 0 Å². The molecule has 0 fully saturated rings. The van der Waals surface area contributed by atoms with Gasteiger partial charge in [0.25, 0.3) is 5.78 Å². The molecule has 0 aliphatic carbocycles. The minimum atomic E-state index is -0.784. The SMILES string of the molecule is COCCCCCOC(=O)C(=O)c1ccccc1. The van der Waals surface area contributed by atoms with E-state index in [0.29, 0.717) is 12.2 Å². The molecule has 4 heteroatoms. The number of ketones is 1. The number of esters is 1. The molecule has 18 heavy (non-hydrogen) atoms. The van der Waals surface area contributed by atoms with Gasteiger partial charge in [0.2, 0.25) is 0 Å². The van der Waals surface area contributed by atoms with Gasteiger partial charge in [-0.1, -0.05) is 30.3 Å². The molecule has 0 bridgehead atoms. The lowest BCUT2D eigenvalue weighted by Gasteiger charge is -2.04. The van der Waals surface area contributed by atoms with Crippen LogP contribution < -0.4 is 0 Å². The Morgan fingerprint density at radius 1 is 1.00 bits per heavy atom. The molecule has 0 aromatic heterocycles. The van der Waals surface area contributed by atoms with Gasteiger partial charge in [-0.05, 0) is 19.3 Å². The van der Waals surface area contributed by atoms with Gasteiger partial charge in [0.15, 0.2) is 0 Å². The summed E-state index contributed by atoms with van der Waals surface area (Å²) < 4.78 is 9.81. The first kappa shape index (κ1) is 14.4. The maximum Gasteiger partial charge on any atom is 0.379 e. The Kier molecular flexibility index (Phi) is 6.72. The van der Waals surface area contributed by atoms with Crippen LogP contribution in [0.25, 0.3) is 0 Å². The fraction of sp³-hybridized carbons (Fsp3) is 0.429. The number of benzene rings is 1. The molecule has 0 N–H and O–H groups in total. The Morgan fingerprint density at radius 2 is 1.67 bits per heavy atom. The fourth-order valence-corrected chi connectivity index (χ4v) is 1.46. The minimum absolute atomic E-state index is 0.279. The molecular formula is C14H18O4. The molecule has 0 saturated heterocycles. The lowest BCUT2D eigenvalue weighted by atomic mass is 10.1. The van der Waals surface area contributed by atoms with E-state index in [9.17, 15) is 9.59 Å². The van der Waals surface area contributed by atoms with Crippen molar-refractivity contribution >= 4 is 11.8 Å². The molecule has 0 saturated carbocycles. The van der Waals surface area contributed by atoms with Crippen LogP contribution >= 0.6 is 0 Å². The van der Waals surface area contributed by atoms with Crippen LogP contribution in [0.1, 0.15) is 29.6 Å². The predicted molar refractivity (Wildman–Crippen MR) is 67.5 cm³/mol. The van der Waals surface area contributed by atoms with E-state index in [2.05, 4.69) is 0 Å². The highest BCUT2D eigenvalue weighted by Gasteiger charge is 2.16. The Balaban J connectivity index is 2.23. The quantitative estimate of drug-likeness (QED) is 0.307. The second kappa shape index (κ2) is 8.42. The summed E-state index contributed by atoms with van der Waals surface area (Å²) >= 11 is 0. The summed E-state index contributed by atoms with van der Waals surface area (Å²) in [5.41, 5.74) is 0.363. The lowest BCUT2D eigenvalue weighted by Crippen LogP contribution is -2.18. The Labute approximate surface area is 107 Å². The van der Waals surface area contributed by atoms with E-state index in [0.717, 1.165) is 19.3 Å². The molecule has 4 nitrogen and oxygen atoms in total. The monoisotopic (exact) mass is 250 g/mol. The van der Waals surface area contributed by atoms with Crippen molar-refractivity contribution in [3.05, 3.63) is 35.9 Å². The number of Topliss-reactive ketones (excluding diaryl/α,β-unsaturated/α-hetero) is 1. The number of methoxy groups -OCH3 is 1. The van der Waals surface area contributed by atoms with Crippen LogP contribution in [-0.4, -0.2) is 32.1 Å². The van der Waals surface area contributed by atoms with Crippen molar-refractivity contribution in [2.24, 2.45) is 0 Å². The number of ether oxygens (including phenoxy) is 2. The van der Waals surface area contributed by atoms with E-state index in [-0.39, 0.29) is 6.61 Å². The zero-order chi connectivity index (χ0) is 13.2. The van der Waals surface area contributed by atoms with Gasteiger partial charge in [0, 0.05) is 19.3 Å². The molecule has 0 heterocycles. The second-order valence-electron chi connectivity index (χ2n) is 3.88. The van der Waals surface area contributed by atoms with Gasteiger partial charge in [-0.3, -0.25) is 4.79 Å². The summed E-state index contributed by atoms with van der Waals surface area (Å²) in [4.78, 5) is 23.1. The van der Waals surface area contributed by atoms with Gasteiger partial charge in [0.1, 0.15) is 0 Å². The number of hydrogen-bond acceptors (Lipinski definition) is 4. The van der Waals surface area contributed by atoms with Crippen molar-refractivity contribution in [2.75, 3.05) is 20.3 Å². The summed E-state index contributed by atoms with van der Waals surface area (Å²) in [5, 5.41) is 0. The second-order valence-corrected chi connectivity index (χ2v) is 3.88. The van der Waals surface area contributed by atoms with Gasteiger partial charge in [-0.15, -0.1) is 0 Å². The van der Waals surface area contributed by atoms with Gasteiger partial charge >= 0.3 is 5.97 Å². The van der Waals surface area contributed by atoms with Gasteiger partial charge in [0.05, 0.1) is 6.61 Å². The summed E-state index contributed by atoms with van der Waals surface area (Å²) in [6.07, 6.45) is 2.60. The third kappa shape index (κ3) is 5.10. The molecule has 0 atom stereocenters. The van der Waals surface area contributed by atoms with E-state index in [1.54, 1.807) is 37.4 Å². The standard InChI is InChI=1S/C14H18O4/c1-17-10-6-3-7-11-18-14(16)13(15)12-8-4-2-5-9-12/h2,4-5,8-9H,3,6-7,10-11H2,1H3. The smallest absolute Gasteiger partial charge is 0.379 e. The van der Waals surface area contributed by atoms with Crippen LogP contribution in [0.4, 0.5) is 0 Å². The minimum Gasteiger partial charge on any atom is -0.460 e. The molecule has 0 aliphatic rings. The first-order valence-electron chi connectivity index (χ1n) is 6.01. The summed E-state index contributed by atoms with van der Waals surface area (Å²) in [5.74, 6) is -1.37. The van der Waals surface area contributed by atoms with Crippen molar-refractivity contribution in [1.29, 1.82) is 0 Å². The van der Waals surface area contributed by atoms with Crippen LogP contribution in [-0.2, 0) is 14.3 Å². The molecule has 1 rings (SSSR count). The number of carbonyl (C=O) groups excluding carboxylic acids is 2. The van der Waals surface area contributed by atoms with E-state index in [1.165, 1.54) is 0 Å². The third-order valence-corrected chi connectivity index (χ3v) is 2.45. The van der Waals surface area contributed by atoms with Crippen LogP contribution in [0.3, 0.4) is 0 Å². The molecular weight excluding hydrogens is 232 g/mol. The summed E-state index contributed by atoms with van der Waals surface area (Å²) in [6.45, 7) is 0.984. The molecule has 0 aliphatic heterocycles. The number of rotatable bonds is 8. The van der Waals surface area contributed by atoms with Crippen molar-refractivity contribution in [2.45, 2.75) is 19.3 Å². The number of unbranched alkanes of at least 4 members (excludes halogenated alkanes) is 2. The van der Waals surface area contributed by atoms with E-state index in [4.69, 9.17) is 9.47 Å². The molecule has 98 valence electrons. The zero-order valence-electron chi connectivity index (χ0n) is 10.6. The zero-order valence-corrected chi connectivity index (χ0v) is 10.6. The fourth-order valence-electron chi connectivity index (χ4n) is 1.46. The molecule has 1 aromatic rings. The topological polar surface area (TPSA) is 52.6 Å². The van der Waals surface area contributed by atoms with Gasteiger partial charge < -0.3 is 9.47 Å². The van der Waals surface area contributed by atoms with Gasteiger partial charge in [-0.2, -0.15) is 0 Å². The predicted octanol–water partition coefficient (Wildman–Crippen LogP) is 2.23. The Morgan fingerprint density at radius 3 is 2.33 bits per heavy atom. The Hall–Kier alpha value is -1.68. The van der Waals surface area contributed by atoms with E-state index in [1.807, 2.05) is 0 Å². The normalized spacial score (nSPS) is 10.1. The lowest BCUT2D eigenvalue weighted by molar-refractivity contribution is -0.138. The Bertz CT molecular complexity index is 373. The van der Waals surface area contributed by atoms with Crippen molar-refractivity contribution in [1.82, 2.24) is 0 Å². The van der Waals surface area contributed by atoms with Crippen molar-refractivity contribution < 1.29 is 19.1 Å². The molecule has 0 unspecified atom stereocenters. The van der Waals surface area contributed by atoms with E-state index < -0.39 is 11.8 Å². The van der Waals surface area contributed by atoms with Crippen LogP contribution in [0.2, 0.25) is 0 Å². The molecule has 0 radical (unpaired) electrons. The van der Waals surface area contributed by atoms with Crippen LogP contribution in [0.5, 0.6) is 0 Å². The average Bonchev–Trinajstić information content (AvgIpc) is 2.42. The number of carbonyl (C=O) groups is 2. The van der Waals surface area contributed by atoms with Crippen LogP contribution in [0.15, 0.2) is 30.3 Å². The first-order valence-corrected chi connectivity index (χ1v) is 6.01. The van der Waals surface area contributed by atoms with Crippen LogP contribution in [0, 0.1) is 0 Å². The third-order valence-electron chi connectivity index (χ3n) is 2.45. The highest BCUT2D eigenvalue weighted by Crippen LogP contribution is 2.02. The average molecular weight is 250 g/mol. The summed E-state index contributed by atoms with van der Waals surface area (Å²) in [6, 6.07) is 8.42. The highest BCUT2D eigenvalue weighted by atomic mass is 16.5. The first-order chi connectivity index (χ1) is 8.75. The molecule has 0 spiro atoms. The molecule has 1 aromatic carbocycles. The summed E-state index contributed by atoms with van der Waals surface area (Å²) in [7, 11) is 1.65.